The standard InChI is InChI=1S/C7H10ClN3OS/c1-4(2)10-6(12)11-7-9-3-5(8)13-7/h3-4H,1-2H3,(H2,9,10,11,12). The van der Waals surface area contributed by atoms with Crippen molar-refractivity contribution in [2.75, 3.05) is 5.32 Å². The molecule has 2 N–H and O–H groups in total. The normalized spacial score (nSPS) is 10.2. The molecule has 0 bridgehead atoms. The smallest absolute Gasteiger partial charge is 0.321 e. The van der Waals surface area contributed by atoms with E-state index < -0.39 is 0 Å². The number of hydrogen-bond acceptors (Lipinski definition) is 3. The molecule has 0 fully saturated rings. The zero-order chi connectivity index (χ0) is 9.84. The van der Waals surface area contributed by atoms with E-state index in [1.165, 1.54) is 17.5 Å². The second-order valence-electron chi connectivity index (χ2n) is 2.72. The van der Waals surface area contributed by atoms with E-state index in [0.29, 0.717) is 9.47 Å². The Morgan fingerprint density at radius 1 is 1.69 bits per heavy atom. The van der Waals surface area contributed by atoms with Gasteiger partial charge in [0.25, 0.3) is 0 Å². The van der Waals surface area contributed by atoms with Gasteiger partial charge in [0, 0.05) is 6.04 Å². The molecule has 1 rings (SSSR count). The number of nitrogens with zero attached hydrogens (tertiary/aromatic N) is 1. The van der Waals surface area contributed by atoms with Gasteiger partial charge in [-0.1, -0.05) is 22.9 Å². The van der Waals surface area contributed by atoms with Crippen LogP contribution in [-0.2, 0) is 0 Å². The molecule has 1 aromatic rings. The summed E-state index contributed by atoms with van der Waals surface area (Å²) in [5, 5.41) is 5.74. The number of thiazole rings is 1. The summed E-state index contributed by atoms with van der Waals surface area (Å²) in [6, 6.07) is -0.156. The number of halogens is 1. The van der Waals surface area contributed by atoms with Crippen LogP contribution in [0.5, 0.6) is 0 Å². The van der Waals surface area contributed by atoms with E-state index in [0.717, 1.165) is 0 Å². The lowest BCUT2D eigenvalue weighted by atomic mass is 10.4. The molecule has 0 saturated carbocycles. The number of anilines is 1. The lowest BCUT2D eigenvalue weighted by molar-refractivity contribution is 0.250. The molecule has 2 amide bonds. The van der Waals surface area contributed by atoms with Gasteiger partial charge in [-0.3, -0.25) is 5.32 Å². The number of nitrogens with one attached hydrogen (secondary N) is 2. The first-order valence-corrected chi connectivity index (χ1v) is 4.96. The lowest BCUT2D eigenvalue weighted by Crippen LogP contribution is -2.34. The van der Waals surface area contributed by atoms with E-state index in [4.69, 9.17) is 11.6 Å². The Bertz CT molecular complexity index is 300. The van der Waals surface area contributed by atoms with Crippen molar-refractivity contribution >= 4 is 34.1 Å². The summed E-state index contributed by atoms with van der Waals surface area (Å²) in [4.78, 5) is 15.0. The average molecular weight is 220 g/mol. The molecule has 1 aromatic heterocycles. The van der Waals surface area contributed by atoms with Gasteiger partial charge in [-0.15, -0.1) is 0 Å². The second-order valence-corrected chi connectivity index (χ2v) is 4.38. The number of amides is 2. The summed E-state index contributed by atoms with van der Waals surface area (Å²) < 4.78 is 0.555. The largest absolute Gasteiger partial charge is 0.336 e. The summed E-state index contributed by atoms with van der Waals surface area (Å²) in [5.41, 5.74) is 0. The highest BCUT2D eigenvalue weighted by Gasteiger charge is 2.05. The maximum absolute atomic E-state index is 11.1. The Morgan fingerprint density at radius 3 is 2.85 bits per heavy atom. The summed E-state index contributed by atoms with van der Waals surface area (Å²) in [6.45, 7) is 3.77. The second kappa shape index (κ2) is 4.43. The SMILES string of the molecule is CC(C)NC(=O)Nc1ncc(Cl)s1. The third-order valence-electron chi connectivity index (χ3n) is 1.12. The molecule has 0 spiro atoms. The number of urea groups is 1. The van der Waals surface area contributed by atoms with Gasteiger partial charge in [-0.25, -0.2) is 9.78 Å². The zero-order valence-electron chi connectivity index (χ0n) is 7.30. The van der Waals surface area contributed by atoms with Gasteiger partial charge >= 0.3 is 6.03 Å². The van der Waals surface area contributed by atoms with Crippen LogP contribution in [0.2, 0.25) is 4.34 Å². The van der Waals surface area contributed by atoms with E-state index in [1.807, 2.05) is 13.8 Å². The quantitative estimate of drug-likeness (QED) is 0.802. The van der Waals surface area contributed by atoms with E-state index in [1.54, 1.807) is 0 Å². The molecule has 4 nitrogen and oxygen atoms in total. The highest BCUT2D eigenvalue weighted by Crippen LogP contribution is 2.22. The van der Waals surface area contributed by atoms with Gasteiger partial charge in [0.15, 0.2) is 5.13 Å². The van der Waals surface area contributed by atoms with Crippen LogP contribution >= 0.6 is 22.9 Å². The van der Waals surface area contributed by atoms with Crippen molar-refractivity contribution in [2.45, 2.75) is 19.9 Å². The molecule has 13 heavy (non-hydrogen) atoms. The highest BCUT2D eigenvalue weighted by atomic mass is 35.5. The molecule has 0 unspecified atom stereocenters. The van der Waals surface area contributed by atoms with Crippen molar-refractivity contribution in [3.8, 4) is 0 Å². The van der Waals surface area contributed by atoms with Crippen LogP contribution in [0, 0.1) is 0 Å². The van der Waals surface area contributed by atoms with Gasteiger partial charge in [0.05, 0.1) is 6.20 Å². The van der Waals surface area contributed by atoms with Gasteiger partial charge < -0.3 is 5.32 Å². The van der Waals surface area contributed by atoms with Crippen molar-refractivity contribution in [3.05, 3.63) is 10.5 Å². The Balaban J connectivity index is 2.45. The maximum atomic E-state index is 11.1. The Hall–Kier alpha value is -0.810. The van der Waals surface area contributed by atoms with Gasteiger partial charge in [-0.2, -0.15) is 0 Å². The number of aromatic nitrogens is 1. The van der Waals surface area contributed by atoms with Crippen molar-refractivity contribution in [1.29, 1.82) is 0 Å². The molecule has 1 heterocycles. The van der Waals surface area contributed by atoms with E-state index in [2.05, 4.69) is 15.6 Å². The van der Waals surface area contributed by atoms with Gasteiger partial charge in [-0.05, 0) is 13.8 Å². The van der Waals surface area contributed by atoms with E-state index in [9.17, 15) is 4.79 Å². The number of hydrogen-bond donors (Lipinski definition) is 2. The van der Waals surface area contributed by atoms with E-state index >= 15 is 0 Å². The predicted octanol–water partition coefficient (Wildman–Crippen LogP) is 2.33. The first-order valence-electron chi connectivity index (χ1n) is 3.77. The first-order chi connectivity index (χ1) is 6.08. The molecule has 72 valence electrons. The minimum atomic E-state index is -0.263. The van der Waals surface area contributed by atoms with Crippen LogP contribution in [0.3, 0.4) is 0 Å². The minimum Gasteiger partial charge on any atom is -0.336 e. The topological polar surface area (TPSA) is 54.0 Å². The highest BCUT2D eigenvalue weighted by molar-refractivity contribution is 7.19. The van der Waals surface area contributed by atoms with Gasteiger partial charge in [0.2, 0.25) is 0 Å². The maximum Gasteiger partial charge on any atom is 0.321 e. The third kappa shape index (κ3) is 3.61. The first kappa shape index (κ1) is 10.3. The average Bonchev–Trinajstić information content (AvgIpc) is 2.33. The zero-order valence-corrected chi connectivity index (χ0v) is 8.87. The van der Waals surface area contributed by atoms with Crippen LogP contribution in [0.25, 0.3) is 0 Å². The van der Waals surface area contributed by atoms with E-state index in [-0.39, 0.29) is 12.1 Å². The van der Waals surface area contributed by atoms with Crippen LogP contribution < -0.4 is 10.6 Å². The number of carbonyl (C=O) groups excluding carboxylic acids is 1. The summed E-state index contributed by atoms with van der Waals surface area (Å²) >= 11 is 6.86. The van der Waals surface area contributed by atoms with Crippen LogP contribution in [0.1, 0.15) is 13.8 Å². The molecule has 0 radical (unpaired) electrons. The van der Waals surface area contributed by atoms with Crippen LogP contribution in [0.15, 0.2) is 6.20 Å². The van der Waals surface area contributed by atoms with Gasteiger partial charge in [0.1, 0.15) is 4.34 Å². The molecule has 6 heteroatoms. The summed E-state index contributed by atoms with van der Waals surface area (Å²) in [5.74, 6) is 0. The summed E-state index contributed by atoms with van der Waals surface area (Å²) in [7, 11) is 0. The molecule has 0 aliphatic heterocycles. The number of carbonyl (C=O) groups is 1. The molecule has 0 aliphatic rings. The molecule has 0 aliphatic carbocycles. The molecular weight excluding hydrogens is 210 g/mol. The van der Waals surface area contributed by atoms with Crippen molar-refractivity contribution in [3.63, 3.8) is 0 Å². The summed E-state index contributed by atoms with van der Waals surface area (Å²) in [6.07, 6.45) is 1.50. The van der Waals surface area contributed by atoms with Crippen molar-refractivity contribution in [2.24, 2.45) is 0 Å². The molecule has 0 atom stereocenters. The number of rotatable bonds is 2. The van der Waals surface area contributed by atoms with Crippen molar-refractivity contribution in [1.82, 2.24) is 10.3 Å². The van der Waals surface area contributed by atoms with Crippen molar-refractivity contribution < 1.29 is 4.79 Å². The van der Waals surface area contributed by atoms with Crippen LogP contribution in [0.4, 0.5) is 9.93 Å². The minimum absolute atomic E-state index is 0.107. The Morgan fingerprint density at radius 2 is 2.38 bits per heavy atom. The fourth-order valence-corrected chi connectivity index (χ4v) is 1.51. The molecule has 0 aromatic carbocycles. The monoisotopic (exact) mass is 219 g/mol. The molecular formula is C7H10ClN3OS. The lowest BCUT2D eigenvalue weighted by Gasteiger charge is -2.07. The fraction of sp³-hybridized carbons (Fsp3) is 0.429. The fourth-order valence-electron chi connectivity index (χ4n) is 0.708. The predicted molar refractivity (Wildman–Crippen MR) is 54.4 cm³/mol. The molecule has 0 saturated heterocycles. The van der Waals surface area contributed by atoms with Crippen LogP contribution in [-0.4, -0.2) is 17.1 Å². The Labute approximate surface area is 85.3 Å². The third-order valence-corrected chi connectivity index (χ3v) is 2.15. The Kier molecular flexibility index (Phi) is 3.50.